The van der Waals surface area contributed by atoms with E-state index >= 15 is 0 Å². The average molecular weight is 305 g/mol. The lowest BCUT2D eigenvalue weighted by atomic mass is 10.1. The molecule has 1 aliphatic heterocycles. The molecule has 3 rings (SSSR count). The van der Waals surface area contributed by atoms with Gasteiger partial charge in [0.2, 0.25) is 0 Å². The molecule has 0 spiro atoms. The molecule has 1 amide bonds. The molecule has 1 fully saturated rings. The molecule has 21 heavy (non-hydrogen) atoms. The SMILES string of the molecule is O=C(C[C@@H]1COCCN1C(=O)c1ccsc1)c1ccco1. The van der Waals surface area contributed by atoms with E-state index in [2.05, 4.69) is 0 Å². The van der Waals surface area contributed by atoms with Gasteiger partial charge < -0.3 is 14.1 Å². The van der Waals surface area contributed by atoms with Crippen LogP contribution in [0.4, 0.5) is 0 Å². The van der Waals surface area contributed by atoms with E-state index in [0.29, 0.717) is 31.1 Å². The highest BCUT2D eigenvalue weighted by Crippen LogP contribution is 2.18. The van der Waals surface area contributed by atoms with Gasteiger partial charge in [0, 0.05) is 18.3 Å². The second-order valence-corrected chi connectivity index (χ2v) is 5.62. The van der Waals surface area contributed by atoms with Crippen molar-refractivity contribution in [3.8, 4) is 0 Å². The van der Waals surface area contributed by atoms with Crippen molar-refractivity contribution >= 4 is 23.0 Å². The number of amides is 1. The lowest BCUT2D eigenvalue weighted by Gasteiger charge is -2.35. The van der Waals surface area contributed by atoms with E-state index in [0.717, 1.165) is 0 Å². The van der Waals surface area contributed by atoms with E-state index in [1.165, 1.54) is 17.6 Å². The van der Waals surface area contributed by atoms with Crippen molar-refractivity contribution in [2.24, 2.45) is 0 Å². The standard InChI is InChI=1S/C15H15NO4S/c17-13(14-2-1-5-20-14)8-12-9-19-6-4-16(12)15(18)11-3-7-21-10-11/h1-3,5,7,10,12H,4,6,8-9H2/t12-/m1/s1. The normalized spacial score (nSPS) is 18.7. The van der Waals surface area contributed by atoms with Gasteiger partial charge >= 0.3 is 0 Å². The number of thiophene rings is 1. The smallest absolute Gasteiger partial charge is 0.255 e. The van der Waals surface area contributed by atoms with E-state index < -0.39 is 0 Å². The molecule has 0 N–H and O–H groups in total. The molecule has 0 radical (unpaired) electrons. The van der Waals surface area contributed by atoms with Crippen LogP contribution in [0.1, 0.15) is 27.3 Å². The summed E-state index contributed by atoms with van der Waals surface area (Å²) in [4.78, 5) is 26.4. The molecular formula is C15H15NO4S. The summed E-state index contributed by atoms with van der Waals surface area (Å²) in [6.45, 7) is 1.38. The van der Waals surface area contributed by atoms with Crippen molar-refractivity contribution < 1.29 is 18.7 Å². The Bertz CT molecular complexity index is 606. The molecule has 1 aliphatic rings. The number of furan rings is 1. The number of hydrogen-bond acceptors (Lipinski definition) is 5. The van der Waals surface area contributed by atoms with Crippen LogP contribution in [0.5, 0.6) is 0 Å². The lowest BCUT2D eigenvalue weighted by Crippen LogP contribution is -2.49. The molecule has 0 aromatic carbocycles. The Morgan fingerprint density at radius 2 is 2.29 bits per heavy atom. The molecule has 1 saturated heterocycles. The predicted octanol–water partition coefficient (Wildman–Crippen LogP) is 2.46. The summed E-state index contributed by atoms with van der Waals surface area (Å²) in [6.07, 6.45) is 1.68. The molecule has 1 atom stereocenters. The molecule has 3 heterocycles. The summed E-state index contributed by atoms with van der Waals surface area (Å²) in [7, 11) is 0. The van der Waals surface area contributed by atoms with Crippen molar-refractivity contribution in [2.75, 3.05) is 19.8 Å². The molecule has 6 heteroatoms. The number of Topliss-reactive ketones (excluding diaryl/α,β-unsaturated/α-hetero) is 1. The third-order valence-corrected chi connectivity index (χ3v) is 4.16. The minimum Gasteiger partial charge on any atom is -0.461 e. The van der Waals surface area contributed by atoms with Crippen LogP contribution >= 0.6 is 11.3 Å². The third kappa shape index (κ3) is 3.06. The first-order valence-corrected chi connectivity index (χ1v) is 7.67. The van der Waals surface area contributed by atoms with Gasteiger partial charge in [0.25, 0.3) is 5.91 Å². The fourth-order valence-electron chi connectivity index (χ4n) is 2.40. The van der Waals surface area contributed by atoms with Crippen molar-refractivity contribution in [1.82, 2.24) is 4.90 Å². The number of carbonyl (C=O) groups excluding carboxylic acids is 2. The van der Waals surface area contributed by atoms with Crippen molar-refractivity contribution in [1.29, 1.82) is 0 Å². The van der Waals surface area contributed by atoms with Crippen LogP contribution in [0.25, 0.3) is 0 Å². The van der Waals surface area contributed by atoms with Gasteiger partial charge in [-0.3, -0.25) is 9.59 Å². The first-order chi connectivity index (χ1) is 10.3. The van der Waals surface area contributed by atoms with Gasteiger partial charge in [-0.25, -0.2) is 0 Å². The van der Waals surface area contributed by atoms with Crippen LogP contribution in [0.15, 0.2) is 39.6 Å². The zero-order valence-corrected chi connectivity index (χ0v) is 12.2. The van der Waals surface area contributed by atoms with Gasteiger partial charge in [0.05, 0.1) is 31.1 Å². The van der Waals surface area contributed by atoms with Crippen LogP contribution < -0.4 is 0 Å². The number of ketones is 1. The van der Waals surface area contributed by atoms with E-state index in [4.69, 9.17) is 9.15 Å². The molecule has 0 bridgehead atoms. The highest BCUT2D eigenvalue weighted by atomic mass is 32.1. The Kier molecular flexibility index (Phi) is 4.17. The monoisotopic (exact) mass is 305 g/mol. The number of ether oxygens (including phenoxy) is 1. The fraction of sp³-hybridized carbons (Fsp3) is 0.333. The minimum absolute atomic E-state index is 0.0446. The molecule has 5 nitrogen and oxygen atoms in total. The molecule has 110 valence electrons. The molecule has 0 unspecified atom stereocenters. The summed E-state index contributed by atoms with van der Waals surface area (Å²) in [5, 5.41) is 3.69. The Morgan fingerprint density at radius 1 is 1.38 bits per heavy atom. The summed E-state index contributed by atoms with van der Waals surface area (Å²) < 4.78 is 10.5. The maximum absolute atomic E-state index is 12.5. The van der Waals surface area contributed by atoms with Gasteiger partial charge in [0.1, 0.15) is 0 Å². The molecule has 0 saturated carbocycles. The Labute approximate surface area is 126 Å². The summed E-state index contributed by atoms with van der Waals surface area (Å²) in [5.41, 5.74) is 0.664. The Hall–Kier alpha value is -1.92. The maximum Gasteiger partial charge on any atom is 0.255 e. The third-order valence-electron chi connectivity index (χ3n) is 3.47. The zero-order valence-electron chi connectivity index (χ0n) is 11.4. The summed E-state index contributed by atoms with van der Waals surface area (Å²) in [5.74, 6) is 0.166. The van der Waals surface area contributed by atoms with Crippen LogP contribution in [0.2, 0.25) is 0 Å². The number of hydrogen-bond donors (Lipinski definition) is 0. The van der Waals surface area contributed by atoms with Crippen molar-refractivity contribution in [3.63, 3.8) is 0 Å². The van der Waals surface area contributed by atoms with Gasteiger partial charge in [-0.05, 0) is 23.6 Å². The molecule has 0 aliphatic carbocycles. The maximum atomic E-state index is 12.5. The summed E-state index contributed by atoms with van der Waals surface area (Å²) >= 11 is 1.48. The van der Waals surface area contributed by atoms with Crippen molar-refractivity contribution in [3.05, 3.63) is 46.5 Å². The second-order valence-electron chi connectivity index (χ2n) is 4.84. The quantitative estimate of drug-likeness (QED) is 0.814. The van der Waals surface area contributed by atoms with E-state index in [9.17, 15) is 9.59 Å². The second kappa shape index (κ2) is 6.24. The number of rotatable bonds is 4. The van der Waals surface area contributed by atoms with Crippen LogP contribution in [0.3, 0.4) is 0 Å². The molecule has 2 aromatic heterocycles. The van der Waals surface area contributed by atoms with Crippen LogP contribution in [-0.2, 0) is 4.74 Å². The number of nitrogens with zero attached hydrogens (tertiary/aromatic N) is 1. The van der Waals surface area contributed by atoms with Gasteiger partial charge in [0.15, 0.2) is 11.5 Å². The number of carbonyl (C=O) groups is 2. The lowest BCUT2D eigenvalue weighted by molar-refractivity contribution is -0.00300. The highest BCUT2D eigenvalue weighted by Gasteiger charge is 2.30. The minimum atomic E-state index is -0.247. The first kappa shape index (κ1) is 14.0. The predicted molar refractivity (Wildman–Crippen MR) is 77.6 cm³/mol. The average Bonchev–Trinajstić information content (AvgIpc) is 3.20. The Balaban J connectivity index is 1.72. The van der Waals surface area contributed by atoms with Crippen LogP contribution in [-0.4, -0.2) is 42.4 Å². The summed E-state index contributed by atoms with van der Waals surface area (Å²) in [6, 6.07) is 4.87. The van der Waals surface area contributed by atoms with E-state index in [-0.39, 0.29) is 24.2 Å². The van der Waals surface area contributed by atoms with Gasteiger partial charge in [-0.1, -0.05) is 0 Å². The molecule has 2 aromatic rings. The van der Waals surface area contributed by atoms with Gasteiger partial charge in [-0.15, -0.1) is 0 Å². The zero-order chi connectivity index (χ0) is 14.7. The first-order valence-electron chi connectivity index (χ1n) is 6.73. The molecular weight excluding hydrogens is 290 g/mol. The largest absolute Gasteiger partial charge is 0.461 e. The topological polar surface area (TPSA) is 59.8 Å². The van der Waals surface area contributed by atoms with E-state index in [1.54, 1.807) is 23.1 Å². The number of morpholine rings is 1. The Morgan fingerprint density at radius 3 is 3.00 bits per heavy atom. The van der Waals surface area contributed by atoms with Gasteiger partial charge in [-0.2, -0.15) is 11.3 Å². The van der Waals surface area contributed by atoms with Crippen molar-refractivity contribution in [2.45, 2.75) is 12.5 Å². The van der Waals surface area contributed by atoms with E-state index in [1.807, 2.05) is 10.8 Å². The van der Waals surface area contributed by atoms with Crippen LogP contribution in [0, 0.1) is 0 Å². The highest BCUT2D eigenvalue weighted by molar-refractivity contribution is 7.08. The fourth-order valence-corrected chi connectivity index (χ4v) is 3.02.